The summed E-state index contributed by atoms with van der Waals surface area (Å²) in [5, 5.41) is 13.7. The molecule has 0 saturated carbocycles. The highest BCUT2D eigenvalue weighted by Crippen LogP contribution is 2.21. The molecule has 1 N–H and O–H groups in total. The van der Waals surface area contributed by atoms with Crippen molar-refractivity contribution in [2.24, 2.45) is 0 Å². The third-order valence-electron chi connectivity index (χ3n) is 2.19. The normalized spacial score (nSPS) is 11.0. The van der Waals surface area contributed by atoms with Gasteiger partial charge in [0.15, 0.2) is 0 Å². The summed E-state index contributed by atoms with van der Waals surface area (Å²) in [7, 11) is 0. The van der Waals surface area contributed by atoms with Crippen LogP contribution in [0.4, 0.5) is 0 Å². The van der Waals surface area contributed by atoms with Gasteiger partial charge in [0.2, 0.25) is 0 Å². The molecule has 0 aliphatic carbocycles. The van der Waals surface area contributed by atoms with E-state index in [0.29, 0.717) is 21.3 Å². The minimum atomic E-state index is -1.03. The van der Waals surface area contributed by atoms with E-state index in [2.05, 4.69) is 5.10 Å². The van der Waals surface area contributed by atoms with Crippen LogP contribution in [0.15, 0.2) is 36.7 Å². The number of aliphatic carboxylic acids is 1. The molecule has 0 bridgehead atoms. The van der Waals surface area contributed by atoms with Crippen LogP contribution < -0.4 is 0 Å². The Morgan fingerprint density at radius 3 is 2.72 bits per heavy atom. The van der Waals surface area contributed by atoms with Gasteiger partial charge in [-0.3, -0.25) is 0 Å². The molecule has 0 amide bonds. The first-order valence-corrected chi connectivity index (χ1v) is 5.73. The largest absolute Gasteiger partial charge is 0.478 e. The second kappa shape index (κ2) is 5.25. The maximum Gasteiger partial charge on any atom is 0.328 e. The lowest BCUT2D eigenvalue weighted by Crippen LogP contribution is -1.97. The summed E-state index contributed by atoms with van der Waals surface area (Å²) in [5.41, 5.74) is 1.34. The Hall–Kier alpha value is -1.78. The second-order valence-electron chi connectivity index (χ2n) is 3.48. The van der Waals surface area contributed by atoms with Gasteiger partial charge >= 0.3 is 5.97 Å². The van der Waals surface area contributed by atoms with Crippen molar-refractivity contribution in [2.45, 2.75) is 0 Å². The van der Waals surface area contributed by atoms with Crippen molar-refractivity contribution in [3.8, 4) is 5.69 Å². The van der Waals surface area contributed by atoms with Crippen LogP contribution in [0.2, 0.25) is 10.0 Å². The highest BCUT2D eigenvalue weighted by molar-refractivity contribution is 6.31. The number of carbonyl (C=O) groups is 1. The predicted octanol–water partition coefficient (Wildman–Crippen LogP) is 3.28. The van der Waals surface area contributed by atoms with Crippen LogP contribution in [-0.4, -0.2) is 20.9 Å². The molecule has 0 atom stereocenters. The Bertz CT molecular complexity index is 620. The average Bonchev–Trinajstić information content (AvgIpc) is 2.73. The van der Waals surface area contributed by atoms with E-state index in [1.165, 1.54) is 12.3 Å². The number of hydrogen-bond acceptors (Lipinski definition) is 2. The molecule has 4 nitrogen and oxygen atoms in total. The smallest absolute Gasteiger partial charge is 0.328 e. The molecule has 2 rings (SSSR count). The van der Waals surface area contributed by atoms with Gasteiger partial charge in [0.1, 0.15) is 0 Å². The fourth-order valence-electron chi connectivity index (χ4n) is 1.46. The van der Waals surface area contributed by atoms with Gasteiger partial charge in [0, 0.05) is 22.9 Å². The number of nitrogens with zero attached hydrogens (tertiary/aromatic N) is 2. The second-order valence-corrected chi connectivity index (χ2v) is 4.35. The van der Waals surface area contributed by atoms with Crippen molar-refractivity contribution >= 4 is 35.2 Å². The highest BCUT2D eigenvalue weighted by atomic mass is 35.5. The minimum absolute atomic E-state index is 0.498. The van der Waals surface area contributed by atoms with E-state index in [-0.39, 0.29) is 0 Å². The lowest BCUT2D eigenvalue weighted by atomic mass is 10.1. The van der Waals surface area contributed by atoms with Crippen molar-refractivity contribution < 1.29 is 9.90 Å². The quantitative estimate of drug-likeness (QED) is 0.879. The van der Waals surface area contributed by atoms with E-state index in [9.17, 15) is 4.79 Å². The molecular weight excluding hydrogens is 275 g/mol. The zero-order valence-electron chi connectivity index (χ0n) is 9.05. The fourth-order valence-corrected chi connectivity index (χ4v) is 1.78. The number of aromatic nitrogens is 2. The summed E-state index contributed by atoms with van der Waals surface area (Å²) >= 11 is 11.7. The summed E-state index contributed by atoms with van der Waals surface area (Å²) < 4.78 is 1.56. The third-order valence-corrected chi connectivity index (χ3v) is 2.62. The van der Waals surface area contributed by atoms with Crippen LogP contribution in [0.3, 0.4) is 0 Å². The van der Waals surface area contributed by atoms with Crippen LogP contribution in [-0.2, 0) is 4.79 Å². The monoisotopic (exact) mass is 282 g/mol. The van der Waals surface area contributed by atoms with Gasteiger partial charge in [-0.25, -0.2) is 9.48 Å². The van der Waals surface area contributed by atoms with E-state index in [1.807, 2.05) is 0 Å². The number of halogens is 2. The van der Waals surface area contributed by atoms with Gasteiger partial charge in [-0.15, -0.1) is 0 Å². The average molecular weight is 283 g/mol. The van der Waals surface area contributed by atoms with Crippen LogP contribution in [0.5, 0.6) is 0 Å². The molecule has 18 heavy (non-hydrogen) atoms. The first-order valence-electron chi connectivity index (χ1n) is 4.97. The Kier molecular flexibility index (Phi) is 3.69. The van der Waals surface area contributed by atoms with Gasteiger partial charge in [0.25, 0.3) is 0 Å². The fraction of sp³-hybridized carbons (Fsp3) is 0. The molecule has 2 aromatic rings. The molecule has 0 saturated heterocycles. The zero-order valence-corrected chi connectivity index (χ0v) is 10.6. The number of benzene rings is 1. The maximum atomic E-state index is 10.5. The molecule has 1 aromatic heterocycles. The van der Waals surface area contributed by atoms with Gasteiger partial charge in [-0.1, -0.05) is 23.2 Å². The minimum Gasteiger partial charge on any atom is -0.478 e. The molecule has 0 unspecified atom stereocenters. The lowest BCUT2D eigenvalue weighted by molar-refractivity contribution is -0.131. The first-order chi connectivity index (χ1) is 8.56. The van der Waals surface area contributed by atoms with E-state index in [0.717, 1.165) is 6.08 Å². The third kappa shape index (κ3) is 2.91. The number of rotatable bonds is 3. The van der Waals surface area contributed by atoms with Gasteiger partial charge in [-0.05, 0) is 24.3 Å². The van der Waals surface area contributed by atoms with E-state index < -0.39 is 5.97 Å². The molecular formula is C12H8Cl2N2O2. The highest BCUT2D eigenvalue weighted by Gasteiger charge is 2.05. The maximum absolute atomic E-state index is 10.5. The molecule has 0 fully saturated rings. The Morgan fingerprint density at radius 1 is 1.33 bits per heavy atom. The standard InChI is InChI=1S/C12H8Cl2N2O2/c13-9-2-3-11(16-7-10(14)6-15-16)8(5-9)1-4-12(17)18/h1-7H,(H,17,18)/b4-1+. The summed E-state index contributed by atoms with van der Waals surface area (Å²) in [4.78, 5) is 10.5. The molecule has 0 spiro atoms. The van der Waals surface area contributed by atoms with E-state index in [4.69, 9.17) is 28.3 Å². The Balaban J connectivity index is 2.50. The molecule has 1 heterocycles. The topological polar surface area (TPSA) is 55.1 Å². The van der Waals surface area contributed by atoms with Crippen LogP contribution in [0.25, 0.3) is 11.8 Å². The summed E-state index contributed by atoms with van der Waals surface area (Å²) in [6.45, 7) is 0. The first kappa shape index (κ1) is 12.7. The molecule has 6 heteroatoms. The summed E-state index contributed by atoms with van der Waals surface area (Å²) in [6.07, 6.45) is 5.63. The van der Waals surface area contributed by atoms with Crippen molar-refractivity contribution in [1.29, 1.82) is 0 Å². The van der Waals surface area contributed by atoms with Crippen LogP contribution in [0.1, 0.15) is 5.56 Å². The SMILES string of the molecule is O=C(O)/C=C/c1cc(Cl)ccc1-n1cc(Cl)cn1. The summed E-state index contributed by atoms with van der Waals surface area (Å²) in [6, 6.07) is 5.10. The molecule has 0 aliphatic heterocycles. The van der Waals surface area contributed by atoms with Crippen molar-refractivity contribution in [1.82, 2.24) is 9.78 Å². The van der Waals surface area contributed by atoms with Crippen molar-refractivity contribution in [3.05, 3.63) is 52.3 Å². The van der Waals surface area contributed by atoms with Crippen molar-refractivity contribution in [2.75, 3.05) is 0 Å². The van der Waals surface area contributed by atoms with Crippen LogP contribution in [0, 0.1) is 0 Å². The lowest BCUT2D eigenvalue weighted by Gasteiger charge is -2.06. The number of hydrogen-bond donors (Lipinski definition) is 1. The predicted molar refractivity (Wildman–Crippen MR) is 70.3 cm³/mol. The van der Waals surface area contributed by atoms with Crippen molar-refractivity contribution in [3.63, 3.8) is 0 Å². The van der Waals surface area contributed by atoms with Gasteiger partial charge in [0.05, 0.1) is 16.9 Å². The van der Waals surface area contributed by atoms with Gasteiger partial charge < -0.3 is 5.11 Å². The molecule has 0 aliphatic rings. The summed E-state index contributed by atoms with van der Waals surface area (Å²) in [5.74, 6) is -1.03. The molecule has 92 valence electrons. The van der Waals surface area contributed by atoms with E-state index >= 15 is 0 Å². The zero-order chi connectivity index (χ0) is 13.1. The van der Waals surface area contributed by atoms with Gasteiger partial charge in [-0.2, -0.15) is 5.10 Å². The number of carboxylic acid groups (broad SMARTS) is 1. The Labute approximate surface area is 113 Å². The number of carboxylic acids is 1. The van der Waals surface area contributed by atoms with Crippen LogP contribution >= 0.6 is 23.2 Å². The Morgan fingerprint density at radius 2 is 2.11 bits per heavy atom. The van der Waals surface area contributed by atoms with E-state index in [1.54, 1.807) is 29.1 Å². The molecule has 1 aromatic carbocycles. The molecule has 0 radical (unpaired) electrons.